The van der Waals surface area contributed by atoms with E-state index in [0.29, 0.717) is 81.1 Å². The van der Waals surface area contributed by atoms with E-state index in [1.54, 1.807) is 0 Å². The Balaban J connectivity index is 1.33. The first kappa shape index (κ1) is 35.3. The van der Waals surface area contributed by atoms with Crippen LogP contribution in [-0.2, 0) is 20.8 Å². The van der Waals surface area contributed by atoms with Crippen LogP contribution in [0.4, 0.5) is 0 Å². The van der Waals surface area contributed by atoms with Crippen LogP contribution >= 0.6 is 0 Å². The van der Waals surface area contributed by atoms with Crippen molar-refractivity contribution in [2.24, 2.45) is 63.5 Å². The summed E-state index contributed by atoms with van der Waals surface area (Å²) >= 11 is 0. The van der Waals surface area contributed by atoms with E-state index >= 15 is 0 Å². The molecule has 0 saturated heterocycles. The minimum atomic E-state index is 0.140. The van der Waals surface area contributed by atoms with Crippen molar-refractivity contribution in [3.63, 3.8) is 0 Å². The van der Waals surface area contributed by atoms with Gasteiger partial charge in [-0.3, -0.25) is 0 Å². The molecule has 0 aromatic heterocycles. The lowest BCUT2D eigenvalue weighted by Gasteiger charge is -2.64. The summed E-state index contributed by atoms with van der Waals surface area (Å²) < 4.78 is 19.9. The third kappa shape index (κ3) is 7.50. The molecule has 11 atom stereocenters. The number of hydrogen-bond acceptors (Lipinski definition) is 7. The van der Waals surface area contributed by atoms with Gasteiger partial charge in [0.15, 0.2) is 0 Å². The summed E-state index contributed by atoms with van der Waals surface area (Å²) in [6, 6.07) is 10.8. The molecule has 0 aliphatic heterocycles. The third-order valence-electron chi connectivity index (χ3n) is 13.3. The minimum absolute atomic E-state index is 0.140. The van der Waals surface area contributed by atoms with Crippen LogP contribution in [-0.4, -0.2) is 76.3 Å². The van der Waals surface area contributed by atoms with E-state index in [1.165, 1.54) is 37.7 Å². The fourth-order valence-electron chi connectivity index (χ4n) is 11.2. The highest BCUT2D eigenvalue weighted by molar-refractivity contribution is 5.16. The van der Waals surface area contributed by atoms with Gasteiger partial charge in [0.05, 0.1) is 38.1 Å². The number of fused-ring (bicyclic) bond motifs is 5. The Labute approximate surface area is 274 Å². The average molecular weight is 627 g/mol. The molecule has 1 aromatic rings. The molecule has 1 aromatic carbocycles. The number of ether oxygens (including phenoxy) is 3. The number of nitrogens with zero attached hydrogens (tertiary/aromatic N) is 1. The molecule has 256 valence electrons. The van der Waals surface area contributed by atoms with Crippen LogP contribution in [0.25, 0.3) is 0 Å². The van der Waals surface area contributed by atoms with Crippen molar-refractivity contribution in [3.8, 4) is 0 Å². The Bertz CT molecular complexity index is 1030. The van der Waals surface area contributed by atoms with Crippen molar-refractivity contribution in [3.05, 3.63) is 35.9 Å². The van der Waals surface area contributed by atoms with E-state index in [-0.39, 0.29) is 23.0 Å². The van der Waals surface area contributed by atoms with Gasteiger partial charge in [-0.1, -0.05) is 51.1 Å². The summed E-state index contributed by atoms with van der Waals surface area (Å²) in [5.74, 6) is 3.69. The minimum Gasteiger partial charge on any atom is -0.377 e. The third-order valence-corrected chi connectivity index (χ3v) is 13.3. The highest BCUT2D eigenvalue weighted by Crippen LogP contribution is 2.69. The molecule has 4 saturated carbocycles. The van der Waals surface area contributed by atoms with Gasteiger partial charge in [0.1, 0.15) is 0 Å². The molecule has 7 heteroatoms. The van der Waals surface area contributed by atoms with Crippen molar-refractivity contribution in [2.45, 2.75) is 103 Å². The Kier molecular flexibility index (Phi) is 12.4. The molecule has 0 amide bonds. The lowest BCUT2D eigenvalue weighted by molar-refractivity contribution is -0.226. The van der Waals surface area contributed by atoms with Crippen LogP contribution < -0.4 is 17.2 Å². The van der Waals surface area contributed by atoms with Crippen LogP contribution in [0.15, 0.2) is 30.3 Å². The fourth-order valence-corrected chi connectivity index (χ4v) is 11.2. The van der Waals surface area contributed by atoms with Gasteiger partial charge >= 0.3 is 0 Å². The maximum absolute atomic E-state index is 6.87. The SMILES string of the molecule is CC(CCCN(C)Cc1ccccc1)C1CC[C@H]2C3[C@H](OCCN)CC4C[C@H](OCCN)CC[C@]4(C)[C@H]3C[C@H](OCCN)[C@]12C. The van der Waals surface area contributed by atoms with E-state index in [4.69, 9.17) is 31.4 Å². The Morgan fingerprint density at radius 3 is 2.31 bits per heavy atom. The Morgan fingerprint density at radius 1 is 0.867 bits per heavy atom. The molecule has 4 fully saturated rings. The molecule has 4 unspecified atom stereocenters. The number of rotatable bonds is 16. The highest BCUT2D eigenvalue weighted by Gasteiger charge is 2.66. The molecule has 4 aliphatic carbocycles. The molecular formula is C38H66N4O3. The zero-order valence-corrected chi connectivity index (χ0v) is 29.0. The first-order chi connectivity index (χ1) is 21.8. The Morgan fingerprint density at radius 2 is 1.58 bits per heavy atom. The fraction of sp³-hybridized carbons (Fsp3) is 0.842. The van der Waals surface area contributed by atoms with Crippen LogP contribution in [0.3, 0.4) is 0 Å². The monoisotopic (exact) mass is 627 g/mol. The summed E-state index contributed by atoms with van der Waals surface area (Å²) in [5.41, 5.74) is 19.7. The average Bonchev–Trinajstić information content (AvgIpc) is 3.40. The lowest BCUT2D eigenvalue weighted by Crippen LogP contribution is -2.63. The van der Waals surface area contributed by atoms with Crippen LogP contribution in [0, 0.1) is 46.3 Å². The zero-order valence-electron chi connectivity index (χ0n) is 29.0. The van der Waals surface area contributed by atoms with E-state index in [2.05, 4.69) is 63.1 Å². The lowest BCUT2D eigenvalue weighted by atomic mass is 9.43. The van der Waals surface area contributed by atoms with Crippen LogP contribution in [0.2, 0.25) is 0 Å². The smallest absolute Gasteiger partial charge is 0.0637 e. The molecule has 0 spiro atoms. The van der Waals surface area contributed by atoms with Gasteiger partial charge in [0.25, 0.3) is 0 Å². The number of nitrogens with two attached hydrogens (primary N) is 3. The number of hydrogen-bond donors (Lipinski definition) is 3. The highest BCUT2D eigenvalue weighted by atomic mass is 16.5. The van der Waals surface area contributed by atoms with Gasteiger partial charge in [-0.15, -0.1) is 0 Å². The van der Waals surface area contributed by atoms with Gasteiger partial charge in [-0.2, -0.15) is 0 Å². The second kappa shape index (κ2) is 15.9. The first-order valence-corrected chi connectivity index (χ1v) is 18.4. The molecule has 6 N–H and O–H groups in total. The first-order valence-electron chi connectivity index (χ1n) is 18.4. The molecular weight excluding hydrogens is 560 g/mol. The number of benzene rings is 1. The maximum atomic E-state index is 6.87. The van der Waals surface area contributed by atoms with Gasteiger partial charge in [-0.25, -0.2) is 0 Å². The molecule has 0 heterocycles. The van der Waals surface area contributed by atoms with Crippen molar-refractivity contribution in [2.75, 3.05) is 53.0 Å². The standard InChI is InChI=1S/C38H66N4O3/c1-27(9-8-19-42(4)26-28-10-6-5-7-11-28)31-12-13-32-36-33(25-35(38(31,32)3)45-22-18-41)37(2)15-14-30(43-20-16-39)23-29(37)24-34(36)44-21-17-40/h5-7,10-11,27,29-36H,8-9,12-26,39-41H2,1-4H3/t27?,29?,30-,31?,32+,33+,34-,35+,36?,37+,38-/m1/s1. The molecule has 0 radical (unpaired) electrons. The van der Waals surface area contributed by atoms with Gasteiger partial charge in [0, 0.05) is 31.6 Å². The summed E-state index contributed by atoms with van der Waals surface area (Å²) in [7, 11) is 2.26. The van der Waals surface area contributed by atoms with E-state index < -0.39 is 0 Å². The second-order valence-corrected chi connectivity index (χ2v) is 15.8. The summed E-state index contributed by atoms with van der Waals surface area (Å²) in [6.07, 6.45) is 11.7. The van der Waals surface area contributed by atoms with Gasteiger partial charge < -0.3 is 36.3 Å². The predicted octanol–water partition coefficient (Wildman–Crippen LogP) is 5.45. The second-order valence-electron chi connectivity index (χ2n) is 15.8. The van der Waals surface area contributed by atoms with Crippen molar-refractivity contribution in [1.82, 2.24) is 4.90 Å². The topological polar surface area (TPSA) is 109 Å². The normalized spacial score (nSPS) is 38.5. The van der Waals surface area contributed by atoms with E-state index in [0.717, 1.165) is 38.8 Å². The molecule has 0 bridgehead atoms. The zero-order chi connectivity index (χ0) is 32.0. The van der Waals surface area contributed by atoms with E-state index in [9.17, 15) is 0 Å². The quantitative estimate of drug-likeness (QED) is 0.224. The molecule has 5 rings (SSSR count). The molecule has 4 aliphatic rings. The van der Waals surface area contributed by atoms with Crippen molar-refractivity contribution >= 4 is 0 Å². The predicted molar refractivity (Wildman–Crippen MR) is 184 cm³/mol. The van der Waals surface area contributed by atoms with Gasteiger partial charge in [0.2, 0.25) is 0 Å². The Hall–Kier alpha value is -1.06. The van der Waals surface area contributed by atoms with Crippen molar-refractivity contribution in [1.29, 1.82) is 0 Å². The maximum Gasteiger partial charge on any atom is 0.0637 e. The van der Waals surface area contributed by atoms with Crippen molar-refractivity contribution < 1.29 is 14.2 Å². The molecule has 45 heavy (non-hydrogen) atoms. The summed E-state index contributed by atoms with van der Waals surface area (Å²) in [6.45, 7) is 13.6. The van der Waals surface area contributed by atoms with E-state index in [1.807, 2.05) is 0 Å². The van der Waals surface area contributed by atoms with Crippen LogP contribution in [0.1, 0.15) is 84.1 Å². The molecule has 7 nitrogen and oxygen atoms in total. The largest absolute Gasteiger partial charge is 0.377 e. The summed E-state index contributed by atoms with van der Waals surface area (Å²) in [5, 5.41) is 0. The van der Waals surface area contributed by atoms with Gasteiger partial charge in [-0.05, 0) is 118 Å². The van der Waals surface area contributed by atoms with Crippen LogP contribution in [0.5, 0.6) is 0 Å². The summed E-state index contributed by atoms with van der Waals surface area (Å²) in [4.78, 5) is 2.48.